The SMILES string of the molecule is O[C@@H]1[C@@H](O)[C@H]2O[C@H]3[C@H](O)[C@@H](O)[C@@H](O[C@H]4[C@H](O)[C@@H](O)[C@@H](O[C@H]5[C@H](O)[C@@H](O)[C@@H](O[C@H]6[C@H](O)[C@@H](O)[C@@H](O[C@H]7[C@H](O)[C@@H](O)[C@@H](O[C@H]8[C@H](O)[C@@H](O)[C@@H](O[C@@H]1[C@@H](CBr)O2)O[C@@H]8CBr)O[C@@H]7CBr)O[C@@H]6CBr)O[C@@H]5CSCc1ccccc1)O[C@@H]4CBr)O[C@@H]3CBr. The van der Waals surface area contributed by atoms with Crippen molar-refractivity contribution in [2.45, 2.75) is 221 Å². The van der Waals surface area contributed by atoms with Gasteiger partial charge < -0.3 is 138 Å². The van der Waals surface area contributed by atoms with Crippen molar-refractivity contribution in [1.82, 2.24) is 0 Å². The molecule has 0 aromatic heterocycles. The summed E-state index contributed by atoms with van der Waals surface area (Å²) in [5.74, 6) is 0.468. The molecule has 14 bridgehead atoms. The zero-order valence-corrected chi connectivity index (χ0v) is 54.2. The van der Waals surface area contributed by atoms with Crippen LogP contribution < -0.4 is 0 Å². The zero-order valence-electron chi connectivity index (χ0n) is 43.9. The molecule has 14 N–H and O–H groups in total. The van der Waals surface area contributed by atoms with Gasteiger partial charge in [-0.2, -0.15) is 11.8 Å². The fraction of sp³-hybridized carbons (Fsp3) is 0.878. The molecule has 1 aromatic carbocycles. The van der Waals surface area contributed by atoms with Crippen LogP contribution in [0.15, 0.2) is 30.3 Å². The number of halogens is 6. The van der Waals surface area contributed by atoms with Gasteiger partial charge in [0.15, 0.2) is 44.0 Å². The second-order valence-electron chi connectivity index (χ2n) is 21.3. The van der Waals surface area contributed by atoms with Crippen LogP contribution in [0.5, 0.6) is 0 Å². The summed E-state index contributed by atoms with van der Waals surface area (Å²) in [6.45, 7) is 0. The summed E-state index contributed by atoms with van der Waals surface area (Å²) < 4.78 is 85.6. The van der Waals surface area contributed by atoms with Crippen molar-refractivity contribution in [3.05, 3.63) is 35.9 Å². The van der Waals surface area contributed by atoms with Gasteiger partial charge in [-0.3, -0.25) is 0 Å². The fourth-order valence-electron chi connectivity index (χ4n) is 11.1. The lowest BCUT2D eigenvalue weighted by Crippen LogP contribution is -2.68. The molecule has 35 heteroatoms. The maximum absolute atomic E-state index is 11.9. The first-order valence-corrected chi connectivity index (χ1v) is 34.7. The van der Waals surface area contributed by atoms with Crippen LogP contribution in [0, 0.1) is 0 Å². The Kier molecular flexibility index (Phi) is 25.8. The summed E-state index contributed by atoms with van der Waals surface area (Å²) in [7, 11) is 0. The molecular weight excluding hydrogens is 1550 g/mol. The van der Waals surface area contributed by atoms with Gasteiger partial charge in [-0.05, 0) is 5.56 Å². The highest BCUT2D eigenvalue weighted by molar-refractivity contribution is 9.10. The minimum atomic E-state index is -1.97. The van der Waals surface area contributed by atoms with E-state index in [4.69, 9.17) is 66.3 Å². The summed E-state index contributed by atoms with van der Waals surface area (Å²) in [5, 5.41) is 162. The number of thioether (sulfide) groups is 1. The van der Waals surface area contributed by atoms with Gasteiger partial charge in [-0.15, -0.1) is 0 Å². The third-order valence-corrected chi connectivity index (χ3v) is 20.8. The van der Waals surface area contributed by atoms with E-state index >= 15 is 0 Å². The van der Waals surface area contributed by atoms with E-state index in [0.29, 0.717) is 5.75 Å². The van der Waals surface area contributed by atoms with Crippen molar-refractivity contribution >= 4 is 107 Å². The fourth-order valence-corrected chi connectivity index (χ4v) is 15.3. The van der Waals surface area contributed by atoms with Crippen LogP contribution >= 0.6 is 107 Å². The highest BCUT2D eigenvalue weighted by atomic mass is 79.9. The number of aliphatic hydroxyl groups excluding tert-OH is 14. The molecule has 21 heterocycles. The maximum Gasteiger partial charge on any atom is 0.187 e. The van der Waals surface area contributed by atoms with Crippen LogP contribution in [-0.2, 0) is 72.1 Å². The molecule has 21 aliphatic rings. The molecule has 0 radical (unpaired) electrons. The Labute approximate surface area is 535 Å². The predicted octanol–water partition coefficient (Wildman–Crippen LogP) is -3.87. The molecule has 21 saturated heterocycles. The molecule has 1 aromatic rings. The van der Waals surface area contributed by atoms with Gasteiger partial charge in [0.25, 0.3) is 0 Å². The van der Waals surface area contributed by atoms with Gasteiger partial charge in [0.2, 0.25) is 0 Å². The first-order valence-electron chi connectivity index (χ1n) is 26.9. The van der Waals surface area contributed by atoms with Crippen molar-refractivity contribution in [2.24, 2.45) is 0 Å². The van der Waals surface area contributed by atoms with E-state index in [2.05, 4.69) is 95.6 Å². The number of hydrogen-bond acceptors (Lipinski definition) is 29. The van der Waals surface area contributed by atoms with E-state index in [1.807, 2.05) is 30.3 Å². The lowest BCUT2D eigenvalue weighted by atomic mass is 9.95. The number of rotatable bonds is 10. The molecule has 84 heavy (non-hydrogen) atoms. The zero-order chi connectivity index (χ0) is 60.6. The van der Waals surface area contributed by atoms with E-state index < -0.39 is 215 Å². The average molecular weight is 1620 g/mol. The molecule has 0 aliphatic carbocycles. The molecule has 35 atom stereocenters. The average Bonchev–Trinajstić information content (AvgIpc) is 2.15. The number of aliphatic hydroxyl groups is 14. The Morgan fingerprint density at radius 1 is 0.262 bits per heavy atom. The lowest BCUT2D eigenvalue weighted by Gasteiger charge is -2.50. The highest BCUT2D eigenvalue weighted by Gasteiger charge is 2.59. The lowest BCUT2D eigenvalue weighted by molar-refractivity contribution is -0.388. The quantitative estimate of drug-likeness (QED) is 0.0997. The van der Waals surface area contributed by atoms with Crippen LogP contribution in [0.3, 0.4) is 0 Å². The Balaban J connectivity index is 1.01. The van der Waals surface area contributed by atoms with Crippen LogP contribution in [0.25, 0.3) is 0 Å². The number of alkyl halides is 6. The molecule has 22 rings (SSSR count). The van der Waals surface area contributed by atoms with Gasteiger partial charge in [-0.1, -0.05) is 126 Å². The summed E-state index contributed by atoms with van der Waals surface area (Å²) in [6, 6.07) is 9.32. The second kappa shape index (κ2) is 31.0. The first-order chi connectivity index (χ1) is 40.2. The molecule has 21 aliphatic heterocycles. The molecule has 28 nitrogen and oxygen atoms in total. The molecule has 0 saturated carbocycles. The first kappa shape index (κ1) is 69.7. The van der Waals surface area contributed by atoms with Crippen LogP contribution in [0.2, 0.25) is 0 Å². The number of hydrogen-bond donors (Lipinski definition) is 14. The van der Waals surface area contributed by atoms with E-state index in [0.717, 1.165) is 5.56 Å². The van der Waals surface area contributed by atoms with E-state index in [9.17, 15) is 71.5 Å². The Hall–Kier alpha value is 1.33. The molecule has 0 unspecified atom stereocenters. The summed E-state index contributed by atoms with van der Waals surface area (Å²) in [6.07, 6.45) is -58.3. The second-order valence-corrected chi connectivity index (χ2v) is 26.2. The minimum absolute atomic E-state index is 0.0379. The number of ether oxygens (including phenoxy) is 14. The standard InChI is InChI=1S/C49H70Br6O28S/c50-6-15-36-23(57)30(64)44(71-15)79-38-17(8-52)73-46(32(66)25(38)59)81-40-19(10-54)75-48(34(68)27(40)61)83-42-21(13-84-12-14-4-2-1-3-5-14)76-49(35(69)28(42)62)82-41-20(11-55)74-47(33(67)26(41)60)80-39-18(9-53)72-45(31(65)24(39)58)78-37-16(7-51)70-43(77-36)29(63)22(37)56/h1-5,15-49,56-69H,6-13H2/t15-,16-,17-,18-,19-,20-,21-,22-,23-,24-,25-,26-,27-,28-,29-,30-,31-,32-,33-,34-,35-,36-,37-,38-,39-,40-,41-,42-,43-,44-,45-,46-,47-,48-,49-/m1/s1. The Morgan fingerprint density at radius 2 is 0.452 bits per heavy atom. The van der Waals surface area contributed by atoms with Crippen LogP contribution in [0.1, 0.15) is 5.56 Å². The summed E-state index contributed by atoms with van der Waals surface area (Å²) in [5.41, 5.74) is 0.922. The van der Waals surface area contributed by atoms with E-state index in [1.54, 1.807) is 0 Å². The third-order valence-electron chi connectivity index (χ3n) is 15.8. The summed E-state index contributed by atoms with van der Waals surface area (Å²) >= 11 is 21.3. The molecule has 0 spiro atoms. The molecular formula is C49H70Br6O28S. The molecule has 482 valence electrons. The Bertz CT molecular complexity index is 2180. The van der Waals surface area contributed by atoms with Crippen molar-refractivity contribution in [1.29, 1.82) is 0 Å². The van der Waals surface area contributed by atoms with Gasteiger partial charge >= 0.3 is 0 Å². The normalized spacial score (nSPS) is 51.7. The summed E-state index contributed by atoms with van der Waals surface area (Å²) in [4.78, 5) is 0. The van der Waals surface area contributed by atoms with Crippen molar-refractivity contribution in [3.63, 3.8) is 0 Å². The van der Waals surface area contributed by atoms with Crippen molar-refractivity contribution < 1.29 is 138 Å². The van der Waals surface area contributed by atoms with Gasteiger partial charge in [0.1, 0.15) is 128 Å². The van der Waals surface area contributed by atoms with Crippen molar-refractivity contribution in [3.8, 4) is 0 Å². The molecule has 21 fully saturated rings. The molecule has 0 amide bonds. The Morgan fingerprint density at radius 3 is 0.655 bits per heavy atom. The van der Waals surface area contributed by atoms with Gasteiger partial charge in [0.05, 0.1) is 42.7 Å². The van der Waals surface area contributed by atoms with Gasteiger partial charge in [0, 0.05) is 43.5 Å². The topological polar surface area (TPSA) is 412 Å². The largest absolute Gasteiger partial charge is 0.387 e. The monoisotopic (exact) mass is 1610 g/mol. The smallest absolute Gasteiger partial charge is 0.187 e. The third kappa shape index (κ3) is 14.8. The minimum Gasteiger partial charge on any atom is -0.387 e. The maximum atomic E-state index is 11.9. The van der Waals surface area contributed by atoms with Gasteiger partial charge in [-0.25, -0.2) is 0 Å². The van der Waals surface area contributed by atoms with Crippen molar-refractivity contribution in [2.75, 3.05) is 37.7 Å². The van der Waals surface area contributed by atoms with E-state index in [1.165, 1.54) is 11.8 Å². The number of benzene rings is 1. The van der Waals surface area contributed by atoms with Crippen LogP contribution in [-0.4, -0.2) is 324 Å². The van der Waals surface area contributed by atoms with E-state index in [-0.39, 0.29) is 37.7 Å². The predicted molar refractivity (Wildman–Crippen MR) is 304 cm³/mol. The van der Waals surface area contributed by atoms with Crippen LogP contribution in [0.4, 0.5) is 0 Å². The highest BCUT2D eigenvalue weighted by Crippen LogP contribution is 2.40.